The van der Waals surface area contributed by atoms with Crippen LogP contribution in [-0.4, -0.2) is 9.55 Å². The molecule has 26 heavy (non-hydrogen) atoms. The van der Waals surface area contributed by atoms with Crippen molar-refractivity contribution in [2.45, 2.75) is 65.5 Å². The number of imidazole rings is 1. The molecule has 0 spiro atoms. The van der Waals surface area contributed by atoms with Gasteiger partial charge in [0, 0.05) is 6.54 Å². The summed E-state index contributed by atoms with van der Waals surface area (Å²) >= 11 is 0. The van der Waals surface area contributed by atoms with Crippen LogP contribution in [0, 0.1) is 0 Å². The van der Waals surface area contributed by atoms with Crippen molar-refractivity contribution in [1.82, 2.24) is 9.55 Å². The second-order valence-electron chi connectivity index (χ2n) is 7.24. The molecular formula is C23H30N2O. The fraction of sp³-hybridized carbons (Fsp3) is 0.435. The van der Waals surface area contributed by atoms with Crippen LogP contribution in [0.1, 0.15) is 63.8 Å². The van der Waals surface area contributed by atoms with Crippen LogP contribution in [0.25, 0.3) is 11.0 Å². The van der Waals surface area contributed by atoms with Gasteiger partial charge in [-0.25, -0.2) is 4.98 Å². The van der Waals surface area contributed by atoms with Gasteiger partial charge in [-0.3, -0.25) is 0 Å². The smallest absolute Gasteiger partial charge is 0.147 e. The number of aromatic nitrogens is 2. The van der Waals surface area contributed by atoms with Gasteiger partial charge in [-0.05, 0) is 42.2 Å². The summed E-state index contributed by atoms with van der Waals surface area (Å²) in [5, 5.41) is 0. The first kappa shape index (κ1) is 18.5. The standard InChI is InChI=1S/C23H30N2O/c1-4-5-6-9-16-25-22-11-8-7-10-21(22)24-23(25)17-26-20-14-12-19(13-15-20)18(2)3/h7-8,10-15,18H,4-6,9,16-17H2,1-3H3. The lowest BCUT2D eigenvalue weighted by Crippen LogP contribution is -2.07. The predicted molar refractivity (Wildman–Crippen MR) is 109 cm³/mol. The number of aryl methyl sites for hydroxylation is 1. The summed E-state index contributed by atoms with van der Waals surface area (Å²) in [6.07, 6.45) is 5.00. The summed E-state index contributed by atoms with van der Waals surface area (Å²) in [6.45, 7) is 8.17. The summed E-state index contributed by atoms with van der Waals surface area (Å²) < 4.78 is 8.37. The van der Waals surface area contributed by atoms with Gasteiger partial charge in [-0.1, -0.05) is 64.3 Å². The normalized spacial score (nSPS) is 11.4. The second kappa shape index (κ2) is 8.88. The molecule has 1 aromatic heterocycles. The van der Waals surface area contributed by atoms with Crippen LogP contribution in [0.2, 0.25) is 0 Å². The van der Waals surface area contributed by atoms with Crippen LogP contribution in [-0.2, 0) is 13.2 Å². The predicted octanol–water partition coefficient (Wildman–Crippen LogP) is 6.32. The van der Waals surface area contributed by atoms with Gasteiger partial charge in [-0.2, -0.15) is 0 Å². The number of benzene rings is 2. The van der Waals surface area contributed by atoms with E-state index in [0.29, 0.717) is 12.5 Å². The highest BCUT2D eigenvalue weighted by atomic mass is 16.5. The Bertz CT molecular complexity index is 818. The fourth-order valence-electron chi connectivity index (χ4n) is 3.28. The van der Waals surface area contributed by atoms with Crippen molar-refractivity contribution in [2.75, 3.05) is 0 Å². The molecule has 0 saturated carbocycles. The summed E-state index contributed by atoms with van der Waals surface area (Å²) in [6, 6.07) is 16.8. The molecule has 0 unspecified atom stereocenters. The Morgan fingerprint density at radius 1 is 0.962 bits per heavy atom. The largest absolute Gasteiger partial charge is 0.486 e. The molecule has 0 aliphatic heterocycles. The van der Waals surface area contributed by atoms with E-state index >= 15 is 0 Å². The van der Waals surface area contributed by atoms with Crippen molar-refractivity contribution in [3.8, 4) is 5.75 Å². The maximum absolute atomic E-state index is 6.04. The van der Waals surface area contributed by atoms with Crippen molar-refractivity contribution >= 4 is 11.0 Å². The first-order valence-corrected chi connectivity index (χ1v) is 9.86. The van der Waals surface area contributed by atoms with E-state index in [4.69, 9.17) is 9.72 Å². The number of hydrogen-bond acceptors (Lipinski definition) is 2. The quantitative estimate of drug-likeness (QED) is 0.422. The average Bonchev–Trinajstić information content (AvgIpc) is 3.01. The van der Waals surface area contributed by atoms with Gasteiger partial charge >= 0.3 is 0 Å². The molecule has 0 N–H and O–H groups in total. The lowest BCUT2D eigenvalue weighted by molar-refractivity contribution is 0.289. The lowest BCUT2D eigenvalue weighted by atomic mass is 10.0. The minimum Gasteiger partial charge on any atom is -0.486 e. The highest BCUT2D eigenvalue weighted by molar-refractivity contribution is 5.75. The fourth-order valence-corrected chi connectivity index (χ4v) is 3.28. The summed E-state index contributed by atoms with van der Waals surface area (Å²) in [4.78, 5) is 4.81. The number of fused-ring (bicyclic) bond motifs is 1. The molecule has 3 heteroatoms. The molecule has 0 amide bonds. The van der Waals surface area contributed by atoms with Crippen LogP contribution >= 0.6 is 0 Å². The molecule has 2 aromatic carbocycles. The van der Waals surface area contributed by atoms with Crippen molar-refractivity contribution in [1.29, 1.82) is 0 Å². The summed E-state index contributed by atoms with van der Waals surface area (Å²) in [7, 11) is 0. The minimum absolute atomic E-state index is 0.503. The zero-order chi connectivity index (χ0) is 18.4. The van der Waals surface area contributed by atoms with Crippen LogP contribution in [0.3, 0.4) is 0 Å². The Labute approximate surface area is 157 Å². The third-order valence-electron chi connectivity index (χ3n) is 4.88. The van der Waals surface area contributed by atoms with Gasteiger partial charge in [0.25, 0.3) is 0 Å². The Balaban J connectivity index is 1.73. The monoisotopic (exact) mass is 350 g/mol. The molecule has 3 aromatic rings. The van der Waals surface area contributed by atoms with Gasteiger partial charge in [0.2, 0.25) is 0 Å². The molecule has 0 saturated heterocycles. The van der Waals surface area contributed by atoms with Crippen molar-refractivity contribution in [3.63, 3.8) is 0 Å². The van der Waals surface area contributed by atoms with E-state index in [0.717, 1.165) is 23.6 Å². The minimum atomic E-state index is 0.503. The highest BCUT2D eigenvalue weighted by Gasteiger charge is 2.11. The Morgan fingerprint density at radius 2 is 1.73 bits per heavy atom. The molecule has 0 atom stereocenters. The van der Waals surface area contributed by atoms with Crippen LogP contribution in [0.5, 0.6) is 5.75 Å². The van der Waals surface area contributed by atoms with E-state index in [1.165, 1.54) is 36.8 Å². The first-order valence-electron chi connectivity index (χ1n) is 9.86. The SMILES string of the molecule is CCCCCCn1c(COc2ccc(C(C)C)cc2)nc2ccccc21. The van der Waals surface area contributed by atoms with Gasteiger partial charge in [0.15, 0.2) is 0 Å². The zero-order valence-corrected chi connectivity index (χ0v) is 16.2. The topological polar surface area (TPSA) is 27.1 Å². The Hall–Kier alpha value is -2.29. The van der Waals surface area contributed by atoms with E-state index in [1.807, 2.05) is 6.07 Å². The molecule has 3 rings (SSSR count). The van der Waals surface area contributed by atoms with Gasteiger partial charge < -0.3 is 9.30 Å². The Morgan fingerprint density at radius 3 is 2.46 bits per heavy atom. The maximum atomic E-state index is 6.04. The average molecular weight is 351 g/mol. The van der Waals surface area contributed by atoms with E-state index < -0.39 is 0 Å². The number of nitrogens with zero attached hydrogens (tertiary/aromatic N) is 2. The zero-order valence-electron chi connectivity index (χ0n) is 16.2. The lowest BCUT2D eigenvalue weighted by Gasteiger charge is -2.11. The van der Waals surface area contributed by atoms with E-state index in [9.17, 15) is 0 Å². The molecule has 3 nitrogen and oxygen atoms in total. The number of rotatable bonds is 9. The van der Waals surface area contributed by atoms with Crippen LogP contribution < -0.4 is 4.74 Å². The summed E-state index contributed by atoms with van der Waals surface area (Å²) in [5.74, 6) is 2.45. The molecule has 0 aliphatic rings. The molecule has 0 radical (unpaired) electrons. The Kier molecular flexibility index (Phi) is 6.32. The second-order valence-corrected chi connectivity index (χ2v) is 7.24. The third kappa shape index (κ3) is 4.46. The van der Waals surface area contributed by atoms with E-state index in [2.05, 4.69) is 67.8 Å². The van der Waals surface area contributed by atoms with E-state index in [1.54, 1.807) is 0 Å². The van der Waals surface area contributed by atoms with Gasteiger partial charge in [0.1, 0.15) is 18.2 Å². The summed E-state index contributed by atoms with van der Waals surface area (Å²) in [5.41, 5.74) is 3.59. The van der Waals surface area contributed by atoms with Crippen molar-refractivity contribution in [2.24, 2.45) is 0 Å². The van der Waals surface area contributed by atoms with Crippen LogP contribution in [0.15, 0.2) is 48.5 Å². The van der Waals surface area contributed by atoms with Gasteiger partial charge in [-0.15, -0.1) is 0 Å². The highest BCUT2D eigenvalue weighted by Crippen LogP contribution is 2.21. The number of ether oxygens (including phenoxy) is 1. The van der Waals surface area contributed by atoms with Gasteiger partial charge in [0.05, 0.1) is 11.0 Å². The number of unbranched alkanes of at least 4 members (excludes halogenated alkanes) is 3. The molecular weight excluding hydrogens is 320 g/mol. The van der Waals surface area contributed by atoms with Crippen LogP contribution in [0.4, 0.5) is 0 Å². The maximum Gasteiger partial charge on any atom is 0.147 e. The van der Waals surface area contributed by atoms with Crippen molar-refractivity contribution in [3.05, 3.63) is 59.9 Å². The molecule has 0 aliphatic carbocycles. The van der Waals surface area contributed by atoms with Crippen molar-refractivity contribution < 1.29 is 4.74 Å². The molecule has 138 valence electrons. The molecule has 0 bridgehead atoms. The number of para-hydroxylation sites is 2. The molecule has 1 heterocycles. The first-order chi connectivity index (χ1) is 12.7. The van der Waals surface area contributed by atoms with E-state index in [-0.39, 0.29) is 0 Å². The third-order valence-corrected chi connectivity index (χ3v) is 4.88. The molecule has 0 fully saturated rings. The number of hydrogen-bond donors (Lipinski definition) is 0.